The van der Waals surface area contributed by atoms with Crippen LogP contribution >= 0.6 is 0 Å². The molecule has 0 unspecified atom stereocenters. The van der Waals surface area contributed by atoms with Crippen molar-refractivity contribution in [2.45, 2.75) is 58.3 Å². The highest BCUT2D eigenvalue weighted by atomic mass is 16.2. The molecule has 90 valence electrons. The van der Waals surface area contributed by atoms with Crippen LogP contribution in [0.15, 0.2) is 18.5 Å². The molecule has 0 aliphatic heterocycles. The zero-order valence-corrected chi connectivity index (χ0v) is 10.2. The van der Waals surface area contributed by atoms with E-state index in [-0.39, 0.29) is 5.91 Å². The monoisotopic (exact) mass is 222 g/mol. The second-order valence-electron chi connectivity index (χ2n) is 4.22. The van der Waals surface area contributed by atoms with Crippen LogP contribution in [0.3, 0.4) is 0 Å². The fourth-order valence-electron chi connectivity index (χ4n) is 1.76. The molecule has 1 rings (SSSR count). The number of carbonyl (C=O) groups is 1. The smallest absolute Gasteiger partial charge is 0.246 e. The van der Waals surface area contributed by atoms with Gasteiger partial charge in [0.05, 0.1) is 0 Å². The van der Waals surface area contributed by atoms with E-state index in [9.17, 15) is 4.79 Å². The zero-order chi connectivity index (χ0) is 11.6. The standard InChI is InChI=1S/C13H22N2O/c1-2-3-4-5-6-7-8-10-13(16)15-12-9-11-14-15/h9,11-12H,2-8,10H2,1H3. The molecule has 0 saturated carbocycles. The van der Waals surface area contributed by atoms with E-state index in [1.165, 1.54) is 36.8 Å². The Morgan fingerprint density at radius 3 is 2.44 bits per heavy atom. The summed E-state index contributed by atoms with van der Waals surface area (Å²) in [4.78, 5) is 11.5. The molecule has 3 nitrogen and oxygen atoms in total. The first-order valence-electron chi connectivity index (χ1n) is 6.37. The lowest BCUT2D eigenvalue weighted by molar-refractivity contribution is 0.0883. The third-order valence-electron chi connectivity index (χ3n) is 2.75. The summed E-state index contributed by atoms with van der Waals surface area (Å²) in [6.07, 6.45) is 12.7. The molecule has 0 atom stereocenters. The van der Waals surface area contributed by atoms with Crippen molar-refractivity contribution in [3.8, 4) is 0 Å². The van der Waals surface area contributed by atoms with Gasteiger partial charge in [0.2, 0.25) is 5.91 Å². The number of aromatic nitrogens is 2. The van der Waals surface area contributed by atoms with Crippen LogP contribution < -0.4 is 0 Å². The van der Waals surface area contributed by atoms with E-state index < -0.39 is 0 Å². The van der Waals surface area contributed by atoms with Gasteiger partial charge < -0.3 is 0 Å². The van der Waals surface area contributed by atoms with Crippen molar-refractivity contribution in [1.82, 2.24) is 9.78 Å². The van der Waals surface area contributed by atoms with E-state index in [1.807, 2.05) is 0 Å². The first kappa shape index (κ1) is 12.9. The van der Waals surface area contributed by atoms with Crippen LogP contribution in [0.5, 0.6) is 0 Å². The second-order valence-corrected chi connectivity index (χ2v) is 4.22. The molecular weight excluding hydrogens is 200 g/mol. The minimum Gasteiger partial charge on any atom is -0.273 e. The molecular formula is C13H22N2O. The van der Waals surface area contributed by atoms with Crippen LogP contribution in [0, 0.1) is 0 Å². The lowest BCUT2D eigenvalue weighted by Crippen LogP contribution is -2.10. The number of unbranched alkanes of at least 4 members (excludes halogenated alkanes) is 6. The van der Waals surface area contributed by atoms with Gasteiger partial charge in [0.15, 0.2) is 0 Å². The summed E-state index contributed by atoms with van der Waals surface area (Å²) in [5.41, 5.74) is 0. The van der Waals surface area contributed by atoms with Crippen LogP contribution in [0.4, 0.5) is 0 Å². The SMILES string of the molecule is CCCCCCCCCC(=O)n1cccn1. The highest BCUT2D eigenvalue weighted by molar-refractivity contribution is 5.77. The third-order valence-corrected chi connectivity index (χ3v) is 2.75. The van der Waals surface area contributed by atoms with E-state index >= 15 is 0 Å². The Morgan fingerprint density at radius 1 is 1.12 bits per heavy atom. The van der Waals surface area contributed by atoms with Crippen molar-refractivity contribution < 1.29 is 4.79 Å². The van der Waals surface area contributed by atoms with Crippen LogP contribution in [0.25, 0.3) is 0 Å². The van der Waals surface area contributed by atoms with Crippen molar-refractivity contribution >= 4 is 5.91 Å². The number of hydrogen-bond donors (Lipinski definition) is 0. The van der Waals surface area contributed by atoms with E-state index in [4.69, 9.17) is 0 Å². The summed E-state index contributed by atoms with van der Waals surface area (Å²) in [5, 5.41) is 3.92. The maximum absolute atomic E-state index is 11.5. The van der Waals surface area contributed by atoms with Crippen molar-refractivity contribution in [2.24, 2.45) is 0 Å². The lowest BCUT2D eigenvalue weighted by Gasteiger charge is -2.01. The fraction of sp³-hybridized carbons (Fsp3) is 0.692. The maximum atomic E-state index is 11.5. The van der Waals surface area contributed by atoms with E-state index in [0.29, 0.717) is 6.42 Å². The minimum absolute atomic E-state index is 0.110. The molecule has 0 spiro atoms. The average Bonchev–Trinajstić information content (AvgIpc) is 2.81. The minimum atomic E-state index is 0.110. The van der Waals surface area contributed by atoms with E-state index in [0.717, 1.165) is 12.8 Å². The molecule has 1 aromatic heterocycles. The van der Waals surface area contributed by atoms with Crippen molar-refractivity contribution in [1.29, 1.82) is 0 Å². The van der Waals surface area contributed by atoms with Gasteiger partial charge in [0, 0.05) is 18.8 Å². The Kier molecular flexibility index (Phi) is 6.54. The van der Waals surface area contributed by atoms with Crippen molar-refractivity contribution in [2.75, 3.05) is 0 Å². The normalized spacial score (nSPS) is 10.6. The Labute approximate surface area is 97.8 Å². The molecule has 1 heterocycles. The molecule has 0 aromatic carbocycles. The van der Waals surface area contributed by atoms with Crippen LogP contribution in [-0.4, -0.2) is 15.7 Å². The second kappa shape index (κ2) is 8.08. The number of hydrogen-bond acceptors (Lipinski definition) is 2. The van der Waals surface area contributed by atoms with Crippen molar-refractivity contribution in [3.63, 3.8) is 0 Å². The first-order valence-corrected chi connectivity index (χ1v) is 6.37. The predicted molar refractivity (Wildman–Crippen MR) is 65.5 cm³/mol. The highest BCUT2D eigenvalue weighted by Gasteiger charge is 2.03. The number of carbonyl (C=O) groups excluding carboxylic acids is 1. The molecule has 3 heteroatoms. The summed E-state index contributed by atoms with van der Waals surface area (Å²) in [7, 11) is 0. The van der Waals surface area contributed by atoms with Gasteiger partial charge >= 0.3 is 0 Å². The van der Waals surface area contributed by atoms with Crippen LogP contribution in [0.1, 0.15) is 63.1 Å². The zero-order valence-electron chi connectivity index (χ0n) is 10.2. The van der Waals surface area contributed by atoms with Gasteiger partial charge in [-0.3, -0.25) is 4.79 Å². The molecule has 0 bridgehead atoms. The van der Waals surface area contributed by atoms with E-state index in [2.05, 4.69) is 12.0 Å². The lowest BCUT2D eigenvalue weighted by atomic mass is 10.1. The summed E-state index contributed by atoms with van der Waals surface area (Å²) >= 11 is 0. The van der Waals surface area contributed by atoms with Gasteiger partial charge in [0.25, 0.3) is 0 Å². The molecule has 0 fully saturated rings. The van der Waals surface area contributed by atoms with Gasteiger partial charge in [-0.2, -0.15) is 5.10 Å². The molecule has 0 radical (unpaired) electrons. The Morgan fingerprint density at radius 2 is 1.81 bits per heavy atom. The highest BCUT2D eigenvalue weighted by Crippen LogP contribution is 2.08. The van der Waals surface area contributed by atoms with E-state index in [1.54, 1.807) is 18.5 Å². The third kappa shape index (κ3) is 5.10. The van der Waals surface area contributed by atoms with Crippen LogP contribution in [-0.2, 0) is 0 Å². The Bertz CT molecular complexity index is 280. The van der Waals surface area contributed by atoms with Crippen LogP contribution in [0.2, 0.25) is 0 Å². The quantitative estimate of drug-likeness (QED) is 0.629. The fourth-order valence-corrected chi connectivity index (χ4v) is 1.76. The van der Waals surface area contributed by atoms with Crippen molar-refractivity contribution in [3.05, 3.63) is 18.5 Å². The molecule has 0 amide bonds. The molecule has 0 saturated heterocycles. The predicted octanol–water partition coefficient (Wildman–Crippen LogP) is 3.66. The Hall–Kier alpha value is -1.12. The molecule has 0 aliphatic carbocycles. The van der Waals surface area contributed by atoms with Gasteiger partial charge in [0.1, 0.15) is 0 Å². The average molecular weight is 222 g/mol. The van der Waals surface area contributed by atoms with Gasteiger partial charge in [-0.25, -0.2) is 4.68 Å². The topological polar surface area (TPSA) is 34.9 Å². The summed E-state index contributed by atoms with van der Waals surface area (Å²) in [5.74, 6) is 0.110. The van der Waals surface area contributed by atoms with Gasteiger partial charge in [-0.15, -0.1) is 0 Å². The number of nitrogens with zero attached hydrogens (tertiary/aromatic N) is 2. The largest absolute Gasteiger partial charge is 0.273 e. The molecule has 0 N–H and O–H groups in total. The summed E-state index contributed by atoms with van der Waals surface area (Å²) in [6, 6.07) is 1.78. The summed E-state index contributed by atoms with van der Waals surface area (Å²) in [6.45, 7) is 2.22. The Balaban J connectivity index is 1.97. The van der Waals surface area contributed by atoms with Gasteiger partial charge in [-0.1, -0.05) is 45.4 Å². The molecule has 16 heavy (non-hydrogen) atoms. The van der Waals surface area contributed by atoms with Gasteiger partial charge in [-0.05, 0) is 12.5 Å². The molecule has 1 aromatic rings. The number of rotatable bonds is 8. The maximum Gasteiger partial charge on any atom is 0.246 e. The molecule has 0 aliphatic rings. The first-order chi connectivity index (χ1) is 7.84. The summed E-state index contributed by atoms with van der Waals surface area (Å²) < 4.78 is 1.43.